The van der Waals surface area contributed by atoms with Crippen LogP contribution in [0.1, 0.15) is 36.7 Å². The van der Waals surface area contributed by atoms with E-state index in [1.807, 2.05) is 60.0 Å². The third-order valence-electron chi connectivity index (χ3n) is 4.87. The molecule has 0 saturated carbocycles. The molecule has 0 aliphatic rings. The number of ether oxygens (including phenoxy) is 1. The van der Waals surface area contributed by atoms with Crippen molar-refractivity contribution in [1.82, 2.24) is 29.8 Å². The lowest BCUT2D eigenvalue weighted by molar-refractivity contribution is 0.414. The minimum absolute atomic E-state index is 0.381. The maximum Gasteiger partial charge on any atom is 0.194 e. The van der Waals surface area contributed by atoms with Crippen molar-refractivity contribution in [2.75, 3.05) is 21.2 Å². The van der Waals surface area contributed by atoms with Crippen molar-refractivity contribution in [3.05, 3.63) is 59.7 Å². The highest BCUT2D eigenvalue weighted by Crippen LogP contribution is 2.19. The Kier molecular flexibility index (Phi) is 6.76. The van der Waals surface area contributed by atoms with Gasteiger partial charge < -0.3 is 15.0 Å². The molecule has 0 aliphatic heterocycles. The van der Waals surface area contributed by atoms with Gasteiger partial charge in [0.1, 0.15) is 5.75 Å². The summed E-state index contributed by atoms with van der Waals surface area (Å²) in [7, 11) is 7.44. The fourth-order valence-electron chi connectivity index (χ4n) is 3.38. The molecule has 0 unspecified atom stereocenters. The van der Waals surface area contributed by atoms with Gasteiger partial charge in [0.05, 0.1) is 30.7 Å². The Hall–Kier alpha value is -3.29. The zero-order valence-corrected chi connectivity index (χ0v) is 18.6. The van der Waals surface area contributed by atoms with Crippen LogP contribution in [0.5, 0.6) is 5.75 Å². The van der Waals surface area contributed by atoms with Crippen LogP contribution in [-0.4, -0.2) is 51.6 Å². The first-order chi connectivity index (χ1) is 14.4. The summed E-state index contributed by atoms with van der Waals surface area (Å²) in [5, 5.41) is 12.6. The molecule has 30 heavy (non-hydrogen) atoms. The van der Waals surface area contributed by atoms with Gasteiger partial charge in [0, 0.05) is 45.6 Å². The first-order valence-corrected chi connectivity index (χ1v) is 10.0. The molecule has 0 amide bonds. The third kappa shape index (κ3) is 5.00. The number of rotatable bonds is 7. The summed E-state index contributed by atoms with van der Waals surface area (Å²) < 4.78 is 8.94. The predicted molar refractivity (Wildman–Crippen MR) is 119 cm³/mol. The minimum atomic E-state index is 0.381. The van der Waals surface area contributed by atoms with Crippen LogP contribution in [0.4, 0.5) is 0 Å². The van der Waals surface area contributed by atoms with Gasteiger partial charge in [0.15, 0.2) is 5.96 Å². The minimum Gasteiger partial charge on any atom is -0.497 e. The van der Waals surface area contributed by atoms with Gasteiger partial charge in [-0.3, -0.25) is 9.67 Å². The maximum atomic E-state index is 5.21. The maximum absolute atomic E-state index is 5.21. The number of guanidine groups is 1. The number of aromatic nitrogens is 4. The van der Waals surface area contributed by atoms with E-state index < -0.39 is 0 Å². The van der Waals surface area contributed by atoms with Crippen LogP contribution in [0.2, 0.25) is 0 Å². The van der Waals surface area contributed by atoms with E-state index in [-0.39, 0.29) is 0 Å². The van der Waals surface area contributed by atoms with Crippen molar-refractivity contribution >= 4 is 5.96 Å². The standard InChI is InChI=1S/C22H31N7O/c1-16(2)21-17(15-28(5)26-21)14-27(4)22(23-3)24-13-18-11-12-29(25-18)19-7-9-20(30-6)10-8-19/h7-12,15-16H,13-14H2,1-6H3,(H,23,24). The average molecular weight is 410 g/mol. The molecule has 0 radical (unpaired) electrons. The van der Waals surface area contributed by atoms with Crippen molar-refractivity contribution in [2.45, 2.75) is 32.9 Å². The van der Waals surface area contributed by atoms with Gasteiger partial charge in [0.2, 0.25) is 0 Å². The molecular formula is C22H31N7O. The number of nitrogens with one attached hydrogen (secondary N) is 1. The number of nitrogens with zero attached hydrogens (tertiary/aromatic N) is 6. The Morgan fingerprint density at radius 1 is 1.20 bits per heavy atom. The van der Waals surface area contributed by atoms with E-state index >= 15 is 0 Å². The zero-order chi connectivity index (χ0) is 21.7. The van der Waals surface area contributed by atoms with E-state index in [4.69, 9.17) is 4.74 Å². The molecule has 0 saturated heterocycles. The van der Waals surface area contributed by atoms with Crippen molar-refractivity contribution in [2.24, 2.45) is 12.0 Å². The van der Waals surface area contributed by atoms with Gasteiger partial charge in [-0.1, -0.05) is 13.8 Å². The van der Waals surface area contributed by atoms with E-state index in [1.54, 1.807) is 14.2 Å². The largest absolute Gasteiger partial charge is 0.497 e. The Labute approximate surface area is 178 Å². The Morgan fingerprint density at radius 3 is 2.57 bits per heavy atom. The topological polar surface area (TPSA) is 72.5 Å². The molecule has 0 aliphatic carbocycles. The van der Waals surface area contributed by atoms with Crippen LogP contribution in [0.25, 0.3) is 5.69 Å². The van der Waals surface area contributed by atoms with E-state index in [1.165, 1.54) is 5.56 Å². The van der Waals surface area contributed by atoms with E-state index in [2.05, 4.69) is 45.5 Å². The summed E-state index contributed by atoms with van der Waals surface area (Å²) >= 11 is 0. The summed E-state index contributed by atoms with van der Waals surface area (Å²) in [5.74, 6) is 2.02. The monoisotopic (exact) mass is 409 g/mol. The smallest absolute Gasteiger partial charge is 0.194 e. The van der Waals surface area contributed by atoms with Gasteiger partial charge in [-0.05, 0) is 36.2 Å². The molecule has 8 heteroatoms. The van der Waals surface area contributed by atoms with Crippen LogP contribution in [-0.2, 0) is 20.1 Å². The summed E-state index contributed by atoms with van der Waals surface area (Å²) in [4.78, 5) is 6.52. The number of hydrogen-bond acceptors (Lipinski definition) is 4. The zero-order valence-electron chi connectivity index (χ0n) is 18.6. The quantitative estimate of drug-likeness (QED) is 0.480. The molecule has 0 fully saturated rings. The summed E-state index contributed by atoms with van der Waals surface area (Å²) in [6.07, 6.45) is 4.03. The molecule has 2 heterocycles. The highest BCUT2D eigenvalue weighted by Gasteiger charge is 2.15. The number of hydrogen-bond donors (Lipinski definition) is 1. The molecule has 2 aromatic heterocycles. The molecule has 0 spiro atoms. The van der Waals surface area contributed by atoms with Crippen LogP contribution >= 0.6 is 0 Å². The molecule has 1 aromatic carbocycles. The average Bonchev–Trinajstić information content (AvgIpc) is 3.35. The van der Waals surface area contributed by atoms with Crippen LogP contribution in [0.15, 0.2) is 47.7 Å². The van der Waals surface area contributed by atoms with Crippen molar-refractivity contribution < 1.29 is 4.74 Å². The summed E-state index contributed by atoms with van der Waals surface area (Å²) in [6.45, 7) is 5.65. The number of methoxy groups -OCH3 is 1. The van der Waals surface area contributed by atoms with Gasteiger partial charge >= 0.3 is 0 Å². The normalized spacial score (nSPS) is 11.8. The first-order valence-electron chi connectivity index (χ1n) is 10.0. The van der Waals surface area contributed by atoms with Crippen LogP contribution in [0.3, 0.4) is 0 Å². The molecule has 8 nitrogen and oxygen atoms in total. The highest BCUT2D eigenvalue weighted by atomic mass is 16.5. The second kappa shape index (κ2) is 9.47. The van der Waals surface area contributed by atoms with Gasteiger partial charge in [-0.2, -0.15) is 10.2 Å². The molecule has 160 valence electrons. The SMILES string of the molecule is CN=C(NCc1ccn(-c2ccc(OC)cc2)n1)N(C)Cc1cn(C)nc1C(C)C. The van der Waals surface area contributed by atoms with Crippen molar-refractivity contribution in [1.29, 1.82) is 0 Å². The Morgan fingerprint density at radius 2 is 1.93 bits per heavy atom. The lowest BCUT2D eigenvalue weighted by Crippen LogP contribution is -2.38. The third-order valence-corrected chi connectivity index (χ3v) is 4.87. The number of benzene rings is 1. The molecule has 0 atom stereocenters. The predicted octanol–water partition coefficient (Wildman–Crippen LogP) is 2.95. The Bertz CT molecular complexity index is 985. The van der Waals surface area contributed by atoms with Crippen LogP contribution < -0.4 is 10.1 Å². The fraction of sp³-hybridized carbons (Fsp3) is 0.409. The lowest BCUT2D eigenvalue weighted by Gasteiger charge is -2.22. The molecule has 3 rings (SSSR count). The lowest BCUT2D eigenvalue weighted by atomic mass is 10.1. The molecule has 3 aromatic rings. The van der Waals surface area contributed by atoms with Crippen molar-refractivity contribution in [3.8, 4) is 11.4 Å². The van der Waals surface area contributed by atoms with Gasteiger partial charge in [-0.15, -0.1) is 0 Å². The van der Waals surface area contributed by atoms with Crippen LogP contribution in [0, 0.1) is 0 Å². The molecular weight excluding hydrogens is 378 g/mol. The summed E-state index contributed by atoms with van der Waals surface area (Å²) in [5.41, 5.74) is 4.26. The van der Waals surface area contributed by atoms with E-state index in [0.29, 0.717) is 12.5 Å². The second-order valence-corrected chi connectivity index (χ2v) is 7.57. The fourth-order valence-corrected chi connectivity index (χ4v) is 3.38. The van der Waals surface area contributed by atoms with E-state index in [0.717, 1.165) is 35.3 Å². The summed E-state index contributed by atoms with van der Waals surface area (Å²) in [6, 6.07) is 9.82. The first kappa shape index (κ1) is 21.4. The molecule has 0 bridgehead atoms. The number of aliphatic imine (C=N–C) groups is 1. The van der Waals surface area contributed by atoms with E-state index in [9.17, 15) is 0 Å². The number of aryl methyl sites for hydroxylation is 1. The Balaban J connectivity index is 1.62. The van der Waals surface area contributed by atoms with Crippen molar-refractivity contribution in [3.63, 3.8) is 0 Å². The van der Waals surface area contributed by atoms with Gasteiger partial charge in [-0.25, -0.2) is 4.68 Å². The molecule has 1 N–H and O–H groups in total. The van der Waals surface area contributed by atoms with Gasteiger partial charge in [0.25, 0.3) is 0 Å². The highest BCUT2D eigenvalue weighted by molar-refractivity contribution is 5.79. The second-order valence-electron chi connectivity index (χ2n) is 7.57.